The Hall–Kier alpha value is -2.05. The molecule has 0 saturated carbocycles. The van der Waals surface area contributed by atoms with E-state index < -0.39 is 0 Å². The van der Waals surface area contributed by atoms with Gasteiger partial charge in [0.1, 0.15) is 23.4 Å². The van der Waals surface area contributed by atoms with E-state index in [0.717, 1.165) is 23.7 Å². The minimum Gasteiger partial charge on any atom is -0.497 e. The fraction of sp³-hybridized carbons (Fsp3) is 0.357. The molecule has 2 rings (SSSR count). The molecule has 0 fully saturated rings. The normalized spacial score (nSPS) is 12.2. The average Bonchev–Trinajstić information content (AvgIpc) is 2.96. The van der Waals surface area contributed by atoms with E-state index >= 15 is 0 Å². The maximum atomic E-state index is 5.72. The highest BCUT2D eigenvalue weighted by molar-refractivity contribution is 5.44. The van der Waals surface area contributed by atoms with Gasteiger partial charge in [-0.25, -0.2) is 10.4 Å². The van der Waals surface area contributed by atoms with Gasteiger partial charge < -0.3 is 14.0 Å². The van der Waals surface area contributed by atoms with E-state index in [1.807, 2.05) is 29.0 Å². The van der Waals surface area contributed by atoms with Gasteiger partial charge in [0.15, 0.2) is 0 Å². The van der Waals surface area contributed by atoms with Gasteiger partial charge in [-0.3, -0.25) is 5.84 Å². The lowest BCUT2D eigenvalue weighted by Gasteiger charge is -2.20. The second kappa shape index (κ2) is 6.40. The Kier molecular flexibility index (Phi) is 4.60. The summed E-state index contributed by atoms with van der Waals surface area (Å²) in [5, 5.41) is 0. The van der Waals surface area contributed by atoms with Crippen LogP contribution in [0, 0.1) is 0 Å². The van der Waals surface area contributed by atoms with E-state index in [2.05, 4.69) is 17.3 Å². The van der Waals surface area contributed by atoms with Gasteiger partial charge in [-0.2, -0.15) is 0 Å². The number of nitrogens with zero attached hydrogens (tertiary/aromatic N) is 2. The topological polar surface area (TPSA) is 74.3 Å². The quantitative estimate of drug-likeness (QED) is 0.617. The summed E-state index contributed by atoms with van der Waals surface area (Å²) in [4.78, 5) is 4.39. The fourth-order valence-electron chi connectivity index (χ4n) is 2.21. The maximum absolute atomic E-state index is 5.72. The third-order valence-electron chi connectivity index (χ3n) is 3.26. The van der Waals surface area contributed by atoms with Crippen molar-refractivity contribution in [3.05, 3.63) is 42.0 Å². The molecule has 1 unspecified atom stereocenters. The fourth-order valence-corrected chi connectivity index (χ4v) is 2.21. The molecule has 0 aliphatic carbocycles. The molecule has 20 heavy (non-hydrogen) atoms. The molecule has 0 aliphatic rings. The van der Waals surface area contributed by atoms with Crippen molar-refractivity contribution in [2.75, 3.05) is 14.2 Å². The summed E-state index contributed by atoms with van der Waals surface area (Å²) in [7, 11) is 3.25. The third-order valence-corrected chi connectivity index (χ3v) is 3.26. The highest BCUT2D eigenvalue weighted by atomic mass is 16.5. The molecule has 1 atom stereocenters. The monoisotopic (exact) mass is 276 g/mol. The standard InChI is InChI=1S/C14H20N4O2/c1-4-18-8-7-16-14(18)13(17-15)11-6-5-10(19-2)9-12(11)20-3/h5-9,13,17H,4,15H2,1-3H3. The predicted molar refractivity (Wildman–Crippen MR) is 76.6 cm³/mol. The molecule has 0 aliphatic heterocycles. The number of hydrogen-bond acceptors (Lipinski definition) is 5. The van der Waals surface area contributed by atoms with Gasteiger partial charge in [0.25, 0.3) is 0 Å². The van der Waals surface area contributed by atoms with Crippen LogP contribution < -0.4 is 20.7 Å². The number of ether oxygens (including phenoxy) is 2. The number of imidazole rings is 1. The summed E-state index contributed by atoms with van der Waals surface area (Å²) in [6.45, 7) is 2.88. The second-order valence-corrected chi connectivity index (χ2v) is 4.28. The lowest BCUT2D eigenvalue weighted by molar-refractivity contribution is 0.386. The zero-order valence-corrected chi connectivity index (χ0v) is 12.0. The Bertz CT molecular complexity index is 568. The van der Waals surface area contributed by atoms with Gasteiger partial charge in [0.2, 0.25) is 0 Å². The summed E-state index contributed by atoms with van der Waals surface area (Å²) in [6.07, 6.45) is 3.69. The zero-order valence-electron chi connectivity index (χ0n) is 12.0. The Morgan fingerprint density at radius 2 is 2.15 bits per heavy atom. The van der Waals surface area contributed by atoms with Crippen LogP contribution >= 0.6 is 0 Å². The highest BCUT2D eigenvalue weighted by Gasteiger charge is 2.21. The van der Waals surface area contributed by atoms with Crippen molar-refractivity contribution in [3.63, 3.8) is 0 Å². The minimum absolute atomic E-state index is 0.245. The Labute approximate surface area is 118 Å². The number of rotatable bonds is 6. The first kappa shape index (κ1) is 14.4. The largest absolute Gasteiger partial charge is 0.497 e. The van der Waals surface area contributed by atoms with Crippen molar-refractivity contribution in [2.45, 2.75) is 19.5 Å². The van der Waals surface area contributed by atoms with Crippen LogP contribution in [0.25, 0.3) is 0 Å². The summed E-state index contributed by atoms with van der Waals surface area (Å²) in [5.41, 5.74) is 3.72. The lowest BCUT2D eigenvalue weighted by atomic mass is 10.0. The lowest BCUT2D eigenvalue weighted by Crippen LogP contribution is -2.31. The molecule has 0 amide bonds. The number of aromatic nitrogens is 2. The van der Waals surface area contributed by atoms with E-state index in [1.54, 1.807) is 20.4 Å². The molecule has 0 saturated heterocycles. The molecule has 6 heteroatoms. The number of hydrogen-bond donors (Lipinski definition) is 2. The summed E-state index contributed by atoms with van der Waals surface area (Å²) in [5.74, 6) is 8.01. The first-order valence-corrected chi connectivity index (χ1v) is 6.44. The molecule has 6 nitrogen and oxygen atoms in total. The SMILES string of the molecule is CCn1ccnc1C(NN)c1ccc(OC)cc1OC. The van der Waals surface area contributed by atoms with Crippen LogP contribution in [0.2, 0.25) is 0 Å². The molecule has 0 radical (unpaired) electrons. The molecule has 0 bridgehead atoms. The molecule has 0 spiro atoms. The van der Waals surface area contributed by atoms with Gasteiger partial charge in [0.05, 0.1) is 14.2 Å². The number of nitrogens with one attached hydrogen (secondary N) is 1. The molecular weight excluding hydrogens is 256 g/mol. The first-order valence-electron chi connectivity index (χ1n) is 6.44. The van der Waals surface area contributed by atoms with E-state index in [-0.39, 0.29) is 6.04 Å². The van der Waals surface area contributed by atoms with Crippen LogP contribution in [0.1, 0.15) is 24.4 Å². The number of hydrazine groups is 1. The van der Waals surface area contributed by atoms with E-state index in [4.69, 9.17) is 15.3 Å². The van der Waals surface area contributed by atoms with Gasteiger partial charge >= 0.3 is 0 Å². The van der Waals surface area contributed by atoms with Crippen LogP contribution in [-0.2, 0) is 6.54 Å². The van der Waals surface area contributed by atoms with Gasteiger partial charge in [-0.1, -0.05) is 0 Å². The summed E-state index contributed by atoms with van der Waals surface area (Å²) < 4.78 is 12.7. The van der Waals surface area contributed by atoms with Gasteiger partial charge in [-0.15, -0.1) is 0 Å². The summed E-state index contributed by atoms with van der Waals surface area (Å²) in [6, 6.07) is 5.39. The highest BCUT2D eigenvalue weighted by Crippen LogP contribution is 2.32. The van der Waals surface area contributed by atoms with Crippen molar-refractivity contribution < 1.29 is 9.47 Å². The van der Waals surface area contributed by atoms with Crippen molar-refractivity contribution in [1.82, 2.24) is 15.0 Å². The second-order valence-electron chi connectivity index (χ2n) is 4.28. The van der Waals surface area contributed by atoms with Crippen molar-refractivity contribution >= 4 is 0 Å². The van der Waals surface area contributed by atoms with Crippen molar-refractivity contribution in [2.24, 2.45) is 5.84 Å². The van der Waals surface area contributed by atoms with Gasteiger partial charge in [-0.05, 0) is 19.1 Å². The smallest absolute Gasteiger partial charge is 0.131 e. The molecule has 1 aromatic carbocycles. The Morgan fingerprint density at radius 1 is 1.35 bits per heavy atom. The average molecular weight is 276 g/mol. The first-order chi connectivity index (χ1) is 9.74. The van der Waals surface area contributed by atoms with E-state index in [0.29, 0.717) is 5.75 Å². The van der Waals surface area contributed by atoms with Crippen molar-refractivity contribution in [1.29, 1.82) is 0 Å². The minimum atomic E-state index is -0.245. The van der Waals surface area contributed by atoms with Gasteiger partial charge in [0, 0.05) is 30.6 Å². The third kappa shape index (κ3) is 2.61. The maximum Gasteiger partial charge on any atom is 0.131 e. The van der Waals surface area contributed by atoms with Crippen LogP contribution in [0.3, 0.4) is 0 Å². The Balaban J connectivity index is 2.46. The predicted octanol–water partition coefficient (Wildman–Crippen LogP) is 1.47. The number of aryl methyl sites for hydroxylation is 1. The molecule has 3 N–H and O–H groups in total. The molecule has 108 valence electrons. The van der Waals surface area contributed by atoms with E-state index in [9.17, 15) is 0 Å². The van der Waals surface area contributed by atoms with Crippen LogP contribution in [-0.4, -0.2) is 23.8 Å². The Morgan fingerprint density at radius 3 is 2.75 bits per heavy atom. The van der Waals surface area contributed by atoms with Crippen LogP contribution in [0.5, 0.6) is 11.5 Å². The van der Waals surface area contributed by atoms with Crippen LogP contribution in [0.4, 0.5) is 0 Å². The zero-order chi connectivity index (χ0) is 14.5. The van der Waals surface area contributed by atoms with Crippen molar-refractivity contribution in [3.8, 4) is 11.5 Å². The summed E-state index contributed by atoms with van der Waals surface area (Å²) >= 11 is 0. The molecular formula is C14H20N4O2. The number of methoxy groups -OCH3 is 2. The molecule has 1 heterocycles. The number of nitrogens with two attached hydrogens (primary N) is 1. The molecule has 2 aromatic rings. The van der Waals surface area contributed by atoms with E-state index in [1.165, 1.54) is 0 Å². The van der Waals surface area contributed by atoms with Crippen LogP contribution in [0.15, 0.2) is 30.6 Å². The molecule has 1 aromatic heterocycles. The number of benzene rings is 1.